The quantitative estimate of drug-likeness (QED) is 0.832. The van der Waals surface area contributed by atoms with Gasteiger partial charge >= 0.3 is 6.09 Å². The molecule has 0 aliphatic heterocycles. The summed E-state index contributed by atoms with van der Waals surface area (Å²) in [7, 11) is 0. The number of carbonyl (C=O) groups is 1. The minimum Gasteiger partial charge on any atom is -0.446 e. The third-order valence-corrected chi connectivity index (χ3v) is 4.99. The number of alkyl carbamates (subject to hydrolysis) is 1. The topological polar surface area (TPSA) is 38.3 Å². The van der Waals surface area contributed by atoms with E-state index in [-0.39, 0.29) is 23.7 Å². The Labute approximate surface area is 110 Å². The van der Waals surface area contributed by atoms with Gasteiger partial charge in [-0.25, -0.2) is 4.79 Å². The summed E-state index contributed by atoms with van der Waals surface area (Å²) in [5.74, 6) is 2.18. The van der Waals surface area contributed by atoms with Gasteiger partial charge in [0.1, 0.15) is 6.10 Å². The fourth-order valence-electron chi connectivity index (χ4n) is 3.05. The van der Waals surface area contributed by atoms with Crippen molar-refractivity contribution < 1.29 is 9.53 Å². The lowest BCUT2D eigenvalue weighted by Crippen LogP contribution is -2.58. The lowest BCUT2D eigenvalue weighted by Gasteiger charge is -2.56. The van der Waals surface area contributed by atoms with Crippen LogP contribution in [0, 0.1) is 23.2 Å². The lowest BCUT2D eigenvalue weighted by molar-refractivity contribution is -0.152. The summed E-state index contributed by atoms with van der Waals surface area (Å²) in [6, 6.07) is 0.244. The molecular weight excluding hydrogens is 226 g/mol. The van der Waals surface area contributed by atoms with E-state index < -0.39 is 0 Å². The summed E-state index contributed by atoms with van der Waals surface area (Å²) in [5, 5.41) is 3.11. The van der Waals surface area contributed by atoms with Gasteiger partial charge in [-0.2, -0.15) is 0 Å². The molecule has 102 valence electrons. The highest BCUT2D eigenvalue weighted by molar-refractivity contribution is 5.68. The second kappa shape index (κ2) is 4.14. The molecule has 4 aliphatic carbocycles. The fourth-order valence-corrected chi connectivity index (χ4v) is 3.05. The van der Waals surface area contributed by atoms with E-state index in [2.05, 4.69) is 26.1 Å². The van der Waals surface area contributed by atoms with E-state index >= 15 is 0 Å². The molecule has 3 heteroatoms. The van der Waals surface area contributed by atoms with Gasteiger partial charge in [0.15, 0.2) is 0 Å². The summed E-state index contributed by atoms with van der Waals surface area (Å²) < 4.78 is 5.53. The maximum Gasteiger partial charge on any atom is 0.407 e. The third kappa shape index (κ3) is 2.36. The maximum absolute atomic E-state index is 11.9. The zero-order valence-electron chi connectivity index (χ0n) is 11.7. The van der Waals surface area contributed by atoms with Gasteiger partial charge < -0.3 is 10.1 Å². The first-order valence-electron chi connectivity index (χ1n) is 7.40. The predicted molar refractivity (Wildman–Crippen MR) is 70.2 cm³/mol. The lowest BCUT2D eigenvalue weighted by atomic mass is 9.53. The molecule has 4 aliphatic rings. The molecule has 0 aromatic carbocycles. The van der Waals surface area contributed by atoms with Gasteiger partial charge in [-0.1, -0.05) is 33.6 Å². The van der Waals surface area contributed by atoms with Crippen molar-refractivity contribution in [3.8, 4) is 0 Å². The molecular formula is C15H25NO2. The van der Waals surface area contributed by atoms with Crippen LogP contribution in [0.3, 0.4) is 0 Å². The Morgan fingerprint density at radius 3 is 2.28 bits per heavy atom. The van der Waals surface area contributed by atoms with Gasteiger partial charge in [-0.05, 0) is 42.4 Å². The number of hydrogen-bond donors (Lipinski definition) is 1. The largest absolute Gasteiger partial charge is 0.446 e. The monoisotopic (exact) mass is 251 g/mol. The van der Waals surface area contributed by atoms with Crippen LogP contribution in [0.5, 0.6) is 0 Å². The van der Waals surface area contributed by atoms with Crippen molar-refractivity contribution in [3.63, 3.8) is 0 Å². The molecule has 18 heavy (non-hydrogen) atoms. The highest BCUT2D eigenvalue weighted by Gasteiger charge is 2.55. The van der Waals surface area contributed by atoms with Gasteiger partial charge in [0.25, 0.3) is 0 Å². The standard InChI is InChI=1S/C15H25NO2/c1-15(2,3)12(6-9-4-5-9)16-14(17)18-13-10-7-11(13)8-10/h9-13H,4-8H2,1-3H3,(H,16,17). The summed E-state index contributed by atoms with van der Waals surface area (Å²) in [6.45, 7) is 6.59. The number of nitrogens with one attached hydrogen (secondary N) is 1. The first kappa shape index (κ1) is 12.3. The minimum absolute atomic E-state index is 0.115. The number of rotatable bonds is 4. The van der Waals surface area contributed by atoms with E-state index in [1.807, 2.05) is 0 Å². The smallest absolute Gasteiger partial charge is 0.407 e. The Balaban J connectivity index is 1.49. The molecule has 1 atom stereocenters. The van der Waals surface area contributed by atoms with Crippen molar-refractivity contribution in [1.29, 1.82) is 0 Å². The normalized spacial score (nSPS) is 35.2. The van der Waals surface area contributed by atoms with Crippen molar-refractivity contribution in [2.75, 3.05) is 0 Å². The molecule has 0 radical (unpaired) electrons. The van der Waals surface area contributed by atoms with Crippen molar-refractivity contribution in [1.82, 2.24) is 5.32 Å². The first-order chi connectivity index (χ1) is 8.43. The molecule has 1 unspecified atom stereocenters. The Kier molecular flexibility index (Phi) is 2.83. The Bertz CT molecular complexity index is 329. The third-order valence-electron chi connectivity index (χ3n) is 4.99. The molecule has 1 N–H and O–H groups in total. The van der Waals surface area contributed by atoms with Crippen molar-refractivity contribution in [2.24, 2.45) is 23.2 Å². The fraction of sp³-hybridized carbons (Fsp3) is 0.933. The van der Waals surface area contributed by atoms with Gasteiger partial charge in [-0.3, -0.25) is 0 Å². The van der Waals surface area contributed by atoms with Gasteiger partial charge in [0.2, 0.25) is 0 Å². The predicted octanol–water partition coefficient (Wildman–Crippen LogP) is 3.34. The molecule has 4 rings (SSSR count). The SMILES string of the molecule is CC(C)(C)C(CC1CC1)NC(=O)OC1C2CC1C2. The van der Waals surface area contributed by atoms with E-state index in [9.17, 15) is 4.79 Å². The second-order valence-corrected chi connectivity index (χ2v) is 7.60. The molecule has 0 aromatic heterocycles. The molecule has 3 nitrogen and oxygen atoms in total. The molecule has 2 bridgehead atoms. The number of hydrogen-bond acceptors (Lipinski definition) is 2. The average Bonchev–Trinajstić information content (AvgIpc) is 2.92. The molecule has 0 saturated heterocycles. The van der Waals surface area contributed by atoms with Crippen LogP contribution in [-0.4, -0.2) is 18.2 Å². The van der Waals surface area contributed by atoms with E-state index in [1.165, 1.54) is 25.7 Å². The van der Waals surface area contributed by atoms with Crippen LogP contribution in [0.1, 0.15) is 52.9 Å². The highest BCUT2D eigenvalue weighted by Crippen LogP contribution is 2.55. The van der Waals surface area contributed by atoms with E-state index in [1.54, 1.807) is 0 Å². The van der Waals surface area contributed by atoms with Crippen LogP contribution >= 0.6 is 0 Å². The second-order valence-electron chi connectivity index (χ2n) is 7.60. The molecule has 0 aromatic rings. The molecule has 4 saturated carbocycles. The highest BCUT2D eigenvalue weighted by atomic mass is 16.6. The van der Waals surface area contributed by atoms with Crippen molar-refractivity contribution in [3.05, 3.63) is 0 Å². The van der Waals surface area contributed by atoms with Crippen molar-refractivity contribution >= 4 is 6.09 Å². The molecule has 1 amide bonds. The summed E-state index contributed by atoms with van der Waals surface area (Å²) >= 11 is 0. The van der Waals surface area contributed by atoms with Crippen LogP contribution in [0.2, 0.25) is 0 Å². The zero-order chi connectivity index (χ0) is 12.9. The number of ether oxygens (including phenoxy) is 1. The number of carbonyl (C=O) groups excluding carboxylic acids is 1. The van der Waals surface area contributed by atoms with E-state index in [4.69, 9.17) is 4.74 Å². The Morgan fingerprint density at radius 2 is 1.89 bits per heavy atom. The molecule has 4 fully saturated rings. The van der Waals surface area contributed by atoms with Crippen LogP contribution in [0.15, 0.2) is 0 Å². The van der Waals surface area contributed by atoms with Gasteiger partial charge in [0.05, 0.1) is 0 Å². The van der Waals surface area contributed by atoms with E-state index in [0.717, 1.165) is 12.3 Å². The van der Waals surface area contributed by atoms with E-state index in [0.29, 0.717) is 11.8 Å². The summed E-state index contributed by atoms with van der Waals surface area (Å²) in [4.78, 5) is 11.9. The Morgan fingerprint density at radius 1 is 1.28 bits per heavy atom. The maximum atomic E-state index is 11.9. The van der Waals surface area contributed by atoms with Gasteiger partial charge in [-0.15, -0.1) is 0 Å². The van der Waals surface area contributed by atoms with Crippen LogP contribution in [-0.2, 0) is 4.74 Å². The van der Waals surface area contributed by atoms with Crippen LogP contribution in [0.25, 0.3) is 0 Å². The summed E-state index contributed by atoms with van der Waals surface area (Å²) in [5.41, 5.74) is 0.115. The first-order valence-corrected chi connectivity index (χ1v) is 7.40. The Hall–Kier alpha value is -0.730. The minimum atomic E-state index is -0.185. The van der Waals surface area contributed by atoms with Crippen LogP contribution < -0.4 is 5.32 Å². The number of amides is 1. The zero-order valence-corrected chi connectivity index (χ0v) is 11.7. The van der Waals surface area contributed by atoms with Crippen LogP contribution in [0.4, 0.5) is 4.79 Å². The van der Waals surface area contributed by atoms with Crippen molar-refractivity contribution in [2.45, 2.75) is 65.0 Å². The molecule has 0 heterocycles. The van der Waals surface area contributed by atoms with Gasteiger partial charge in [0, 0.05) is 6.04 Å². The average molecular weight is 251 g/mol. The molecule has 0 spiro atoms. The summed E-state index contributed by atoms with van der Waals surface area (Å²) in [6.07, 6.45) is 6.38.